The molecule has 1 fully saturated rings. The molecule has 1 saturated heterocycles. The molecule has 0 radical (unpaired) electrons. The Morgan fingerprint density at radius 3 is 1.81 bits per heavy atom. The lowest BCUT2D eigenvalue weighted by Gasteiger charge is -2.28. The topological polar surface area (TPSA) is 149 Å². The SMILES string of the molecule is CNC(=S)Nc1ccc(CN(CCN2CCN(CC(=O)O)CCN(CC(=O)O)CC2)CC(=O)O)cc1. The fourth-order valence-corrected chi connectivity index (χ4v) is 4.06. The predicted octanol–water partition coefficient (Wildman–Crippen LogP) is -0.422. The summed E-state index contributed by atoms with van der Waals surface area (Å²) in [4.78, 5) is 41.5. The second-order valence-corrected chi connectivity index (χ2v) is 9.10. The molecule has 0 amide bonds. The van der Waals surface area contributed by atoms with Gasteiger partial charge in [0.1, 0.15) is 0 Å². The van der Waals surface area contributed by atoms with Crippen molar-refractivity contribution in [2.75, 3.05) is 84.4 Å². The number of nitrogens with zero attached hydrogens (tertiary/aromatic N) is 4. The van der Waals surface area contributed by atoms with Gasteiger partial charge in [-0.25, -0.2) is 0 Å². The van der Waals surface area contributed by atoms with Gasteiger partial charge >= 0.3 is 17.9 Å². The van der Waals surface area contributed by atoms with Gasteiger partial charge in [-0.15, -0.1) is 0 Å². The normalized spacial score (nSPS) is 16.1. The minimum absolute atomic E-state index is 0.107. The highest BCUT2D eigenvalue weighted by Gasteiger charge is 2.20. The molecule has 0 atom stereocenters. The fourth-order valence-electron chi connectivity index (χ4n) is 3.94. The molecule has 36 heavy (non-hydrogen) atoms. The van der Waals surface area contributed by atoms with E-state index in [1.54, 1.807) is 16.8 Å². The zero-order chi connectivity index (χ0) is 26.5. The molecule has 2 rings (SSSR count). The van der Waals surface area contributed by atoms with E-state index in [-0.39, 0.29) is 19.6 Å². The molecule has 1 aliphatic heterocycles. The molecule has 1 aromatic carbocycles. The van der Waals surface area contributed by atoms with Crippen LogP contribution in [-0.2, 0) is 20.9 Å². The molecule has 1 aliphatic rings. The standard InChI is InChI=1S/C23H36N6O6S/c1-24-23(36)25-19-4-2-18(3-5-19)14-29(17-22(34)35)13-8-26-6-9-27(15-20(30)31)11-12-28(10-7-26)16-21(32)33/h2-5H,6-17H2,1H3,(H,30,31)(H,32,33)(H,34,35)(H2,24,25,36). The van der Waals surface area contributed by atoms with E-state index in [9.17, 15) is 29.7 Å². The number of rotatable bonds is 12. The average molecular weight is 525 g/mol. The minimum atomic E-state index is -0.924. The van der Waals surface area contributed by atoms with Crippen LogP contribution in [0.3, 0.4) is 0 Å². The lowest BCUT2D eigenvalue weighted by molar-refractivity contribution is -0.140. The molecule has 0 spiro atoms. The molecule has 0 aromatic heterocycles. The van der Waals surface area contributed by atoms with Crippen molar-refractivity contribution in [3.63, 3.8) is 0 Å². The van der Waals surface area contributed by atoms with Crippen LogP contribution >= 0.6 is 12.2 Å². The zero-order valence-corrected chi connectivity index (χ0v) is 21.4. The van der Waals surface area contributed by atoms with E-state index in [0.717, 1.165) is 11.3 Å². The van der Waals surface area contributed by atoms with Crippen LogP contribution in [0, 0.1) is 0 Å². The van der Waals surface area contributed by atoms with Crippen LogP contribution in [-0.4, -0.2) is 137 Å². The summed E-state index contributed by atoms with van der Waals surface area (Å²) in [5.41, 5.74) is 1.79. The van der Waals surface area contributed by atoms with Gasteiger partial charge in [-0.1, -0.05) is 12.1 Å². The highest BCUT2D eigenvalue weighted by atomic mass is 32.1. The van der Waals surface area contributed by atoms with Gasteiger partial charge in [0, 0.05) is 71.6 Å². The molecule has 1 heterocycles. The van der Waals surface area contributed by atoms with Gasteiger partial charge in [0.2, 0.25) is 0 Å². The van der Waals surface area contributed by atoms with Crippen molar-refractivity contribution >= 4 is 40.9 Å². The van der Waals surface area contributed by atoms with E-state index in [1.807, 2.05) is 29.2 Å². The van der Waals surface area contributed by atoms with Crippen molar-refractivity contribution in [3.05, 3.63) is 29.8 Å². The number of carboxylic acid groups (broad SMARTS) is 3. The van der Waals surface area contributed by atoms with Gasteiger partial charge in [-0.3, -0.25) is 34.0 Å². The summed E-state index contributed by atoms with van der Waals surface area (Å²) >= 11 is 5.10. The van der Waals surface area contributed by atoms with E-state index in [0.29, 0.717) is 64.0 Å². The molecule has 0 saturated carbocycles. The first-order chi connectivity index (χ1) is 17.1. The van der Waals surface area contributed by atoms with E-state index >= 15 is 0 Å². The Balaban J connectivity index is 2.01. The molecule has 1 aromatic rings. The first-order valence-electron chi connectivity index (χ1n) is 11.8. The molecule has 200 valence electrons. The predicted molar refractivity (Wildman–Crippen MR) is 139 cm³/mol. The largest absolute Gasteiger partial charge is 0.480 e. The Morgan fingerprint density at radius 2 is 1.36 bits per heavy atom. The Morgan fingerprint density at radius 1 is 0.861 bits per heavy atom. The van der Waals surface area contributed by atoms with Gasteiger partial charge in [-0.05, 0) is 29.9 Å². The van der Waals surface area contributed by atoms with Crippen molar-refractivity contribution in [3.8, 4) is 0 Å². The van der Waals surface area contributed by atoms with Crippen LogP contribution in [0.25, 0.3) is 0 Å². The van der Waals surface area contributed by atoms with Gasteiger partial charge in [0.25, 0.3) is 0 Å². The van der Waals surface area contributed by atoms with Crippen molar-refractivity contribution in [2.24, 2.45) is 0 Å². The molecule has 5 N–H and O–H groups in total. The second kappa shape index (κ2) is 15.3. The summed E-state index contributed by atoms with van der Waals surface area (Å²) in [5.74, 6) is -2.77. The first kappa shape index (κ1) is 29.4. The lowest BCUT2D eigenvalue weighted by atomic mass is 10.2. The van der Waals surface area contributed by atoms with Gasteiger partial charge < -0.3 is 26.0 Å². The Kier molecular flexibility index (Phi) is 12.5. The molecule has 13 heteroatoms. The molecular weight excluding hydrogens is 488 g/mol. The maximum atomic E-state index is 11.5. The number of benzene rings is 1. The number of hydrogen-bond donors (Lipinski definition) is 5. The summed E-state index contributed by atoms with van der Waals surface area (Å²) in [5, 5.41) is 34.2. The van der Waals surface area contributed by atoms with Crippen molar-refractivity contribution < 1.29 is 29.7 Å². The van der Waals surface area contributed by atoms with Crippen LogP contribution in [0.15, 0.2) is 24.3 Å². The summed E-state index contributed by atoms with van der Waals surface area (Å²) in [7, 11) is 1.73. The number of carbonyl (C=O) groups is 3. The quantitative estimate of drug-likeness (QED) is 0.226. The minimum Gasteiger partial charge on any atom is -0.480 e. The number of anilines is 1. The molecule has 0 bridgehead atoms. The van der Waals surface area contributed by atoms with Crippen molar-refractivity contribution in [1.29, 1.82) is 0 Å². The van der Waals surface area contributed by atoms with Crippen LogP contribution in [0.2, 0.25) is 0 Å². The number of hydrogen-bond acceptors (Lipinski definition) is 8. The number of nitrogens with one attached hydrogen (secondary N) is 2. The third-order valence-electron chi connectivity index (χ3n) is 5.85. The van der Waals surface area contributed by atoms with Gasteiger partial charge in [-0.2, -0.15) is 0 Å². The molecular formula is C23H36N6O6S. The summed E-state index contributed by atoms with van der Waals surface area (Å²) in [6, 6.07) is 7.61. The molecule has 0 aliphatic carbocycles. The smallest absolute Gasteiger partial charge is 0.317 e. The number of thiocarbonyl (C=S) groups is 1. The molecule has 0 unspecified atom stereocenters. The highest BCUT2D eigenvalue weighted by molar-refractivity contribution is 7.80. The Hall–Kier alpha value is -2.84. The Bertz CT molecular complexity index is 858. The molecule has 12 nitrogen and oxygen atoms in total. The third-order valence-corrected chi connectivity index (χ3v) is 6.16. The van der Waals surface area contributed by atoms with Crippen LogP contribution in [0.4, 0.5) is 5.69 Å². The summed E-state index contributed by atoms with van der Waals surface area (Å²) in [6.45, 7) is 4.44. The number of carboxylic acids is 3. The monoisotopic (exact) mass is 524 g/mol. The second-order valence-electron chi connectivity index (χ2n) is 8.69. The maximum absolute atomic E-state index is 11.5. The van der Waals surface area contributed by atoms with Crippen LogP contribution in [0.5, 0.6) is 0 Å². The van der Waals surface area contributed by atoms with Gasteiger partial charge in [0.15, 0.2) is 5.11 Å². The van der Waals surface area contributed by atoms with Crippen LogP contribution < -0.4 is 10.6 Å². The number of aliphatic carboxylic acids is 3. The first-order valence-corrected chi connectivity index (χ1v) is 12.2. The van der Waals surface area contributed by atoms with Crippen molar-refractivity contribution in [1.82, 2.24) is 24.9 Å². The maximum Gasteiger partial charge on any atom is 0.317 e. The third kappa shape index (κ3) is 11.7. The summed E-state index contributed by atoms with van der Waals surface area (Å²) in [6.07, 6.45) is 0. The lowest BCUT2D eigenvalue weighted by Crippen LogP contribution is -2.42. The average Bonchev–Trinajstić information content (AvgIpc) is 2.89. The van der Waals surface area contributed by atoms with Gasteiger partial charge in [0.05, 0.1) is 19.6 Å². The van der Waals surface area contributed by atoms with E-state index in [1.165, 1.54) is 0 Å². The highest BCUT2D eigenvalue weighted by Crippen LogP contribution is 2.12. The summed E-state index contributed by atoms with van der Waals surface area (Å²) < 4.78 is 0. The Labute approximate surface area is 216 Å². The van der Waals surface area contributed by atoms with E-state index in [2.05, 4.69) is 15.5 Å². The zero-order valence-electron chi connectivity index (χ0n) is 20.6. The van der Waals surface area contributed by atoms with E-state index < -0.39 is 17.9 Å². The van der Waals surface area contributed by atoms with E-state index in [4.69, 9.17) is 12.2 Å². The van der Waals surface area contributed by atoms with Crippen molar-refractivity contribution in [2.45, 2.75) is 6.54 Å². The van der Waals surface area contributed by atoms with Crippen LogP contribution in [0.1, 0.15) is 5.56 Å². The fraction of sp³-hybridized carbons (Fsp3) is 0.565.